The summed E-state index contributed by atoms with van der Waals surface area (Å²) in [5.74, 6) is -2.67. The summed E-state index contributed by atoms with van der Waals surface area (Å²) in [5.41, 5.74) is 0. The molecule has 1 amide bonds. The Morgan fingerprint density at radius 2 is 2.27 bits per heavy atom. The number of hydrogen-bond acceptors (Lipinski definition) is 1. The standard InChI is InChI=1S/C6H9F2NO2/c7-6(8)2-1-4(3-6)9-5(10)11/h4,9H,1-3H2,(H,10,11)/t4-/m1/s1. The molecule has 5 heteroatoms. The summed E-state index contributed by atoms with van der Waals surface area (Å²) in [5, 5.41) is 10.2. The van der Waals surface area contributed by atoms with Crippen LogP contribution in [0.3, 0.4) is 0 Å². The molecular formula is C6H9F2NO2. The molecule has 1 saturated carbocycles. The van der Waals surface area contributed by atoms with E-state index in [-0.39, 0.29) is 19.3 Å². The maximum absolute atomic E-state index is 12.4. The molecule has 1 fully saturated rings. The monoisotopic (exact) mass is 165 g/mol. The van der Waals surface area contributed by atoms with E-state index in [1.165, 1.54) is 0 Å². The number of carbonyl (C=O) groups is 1. The number of amides is 1. The number of nitrogens with one attached hydrogen (secondary N) is 1. The van der Waals surface area contributed by atoms with Crippen LogP contribution < -0.4 is 5.32 Å². The average molecular weight is 165 g/mol. The lowest BCUT2D eigenvalue weighted by Gasteiger charge is -2.09. The van der Waals surface area contributed by atoms with Gasteiger partial charge in [-0.1, -0.05) is 0 Å². The van der Waals surface area contributed by atoms with Gasteiger partial charge in [0.05, 0.1) is 0 Å². The second-order valence-electron chi connectivity index (χ2n) is 2.75. The summed E-state index contributed by atoms with van der Waals surface area (Å²) in [7, 11) is 0. The first kappa shape index (κ1) is 8.23. The zero-order valence-corrected chi connectivity index (χ0v) is 5.81. The summed E-state index contributed by atoms with van der Waals surface area (Å²) >= 11 is 0. The molecule has 1 rings (SSSR count). The summed E-state index contributed by atoms with van der Waals surface area (Å²) in [6.07, 6.45) is -1.57. The Bertz CT molecular complexity index is 172. The van der Waals surface area contributed by atoms with Crippen LogP contribution >= 0.6 is 0 Å². The van der Waals surface area contributed by atoms with Crippen LogP contribution in [0.2, 0.25) is 0 Å². The maximum Gasteiger partial charge on any atom is 0.404 e. The molecule has 0 aliphatic heterocycles. The van der Waals surface area contributed by atoms with Gasteiger partial charge in [-0.15, -0.1) is 0 Å². The van der Waals surface area contributed by atoms with Crippen molar-refractivity contribution in [3.63, 3.8) is 0 Å². The van der Waals surface area contributed by atoms with Gasteiger partial charge in [0, 0.05) is 18.9 Å². The lowest BCUT2D eigenvalue weighted by atomic mass is 10.2. The van der Waals surface area contributed by atoms with Crippen LogP contribution in [0.15, 0.2) is 0 Å². The van der Waals surface area contributed by atoms with Crippen LogP contribution in [0.4, 0.5) is 13.6 Å². The molecule has 3 nitrogen and oxygen atoms in total. The van der Waals surface area contributed by atoms with Crippen LogP contribution in [0.25, 0.3) is 0 Å². The SMILES string of the molecule is O=C(O)N[C@@H]1CCC(F)(F)C1. The third-order valence-corrected chi connectivity index (χ3v) is 1.73. The van der Waals surface area contributed by atoms with E-state index in [1.54, 1.807) is 0 Å². The maximum atomic E-state index is 12.4. The Hall–Kier alpha value is -0.870. The second-order valence-corrected chi connectivity index (χ2v) is 2.75. The van der Waals surface area contributed by atoms with Crippen LogP contribution in [0.5, 0.6) is 0 Å². The molecule has 0 bridgehead atoms. The van der Waals surface area contributed by atoms with Crippen LogP contribution in [-0.2, 0) is 0 Å². The molecule has 0 unspecified atom stereocenters. The van der Waals surface area contributed by atoms with Crippen molar-refractivity contribution in [2.75, 3.05) is 0 Å². The zero-order valence-electron chi connectivity index (χ0n) is 5.81. The highest BCUT2D eigenvalue weighted by molar-refractivity contribution is 5.64. The van der Waals surface area contributed by atoms with Gasteiger partial charge in [-0.3, -0.25) is 0 Å². The molecule has 0 aromatic rings. The van der Waals surface area contributed by atoms with Crippen molar-refractivity contribution < 1.29 is 18.7 Å². The minimum atomic E-state index is -2.67. The second kappa shape index (κ2) is 2.64. The topological polar surface area (TPSA) is 49.3 Å². The van der Waals surface area contributed by atoms with Gasteiger partial charge in [0.2, 0.25) is 5.92 Å². The summed E-state index contributed by atoms with van der Waals surface area (Å²) in [6, 6.07) is -0.567. The van der Waals surface area contributed by atoms with Crippen molar-refractivity contribution in [3.05, 3.63) is 0 Å². The molecule has 0 heterocycles. The van der Waals surface area contributed by atoms with Crippen molar-refractivity contribution in [3.8, 4) is 0 Å². The molecule has 1 aliphatic rings. The van der Waals surface area contributed by atoms with Gasteiger partial charge in [-0.2, -0.15) is 0 Å². The molecular weight excluding hydrogens is 156 g/mol. The summed E-state index contributed by atoms with van der Waals surface area (Å²) in [6.45, 7) is 0. The van der Waals surface area contributed by atoms with Crippen molar-refractivity contribution >= 4 is 6.09 Å². The van der Waals surface area contributed by atoms with E-state index < -0.39 is 18.1 Å². The predicted molar refractivity (Wildman–Crippen MR) is 33.7 cm³/mol. The van der Waals surface area contributed by atoms with E-state index in [0.29, 0.717) is 0 Å². The smallest absolute Gasteiger partial charge is 0.404 e. The summed E-state index contributed by atoms with van der Waals surface area (Å²) in [4.78, 5) is 10.0. The van der Waals surface area contributed by atoms with E-state index in [0.717, 1.165) is 0 Å². The zero-order chi connectivity index (χ0) is 8.48. The molecule has 0 aromatic heterocycles. The minimum absolute atomic E-state index is 0.210. The Morgan fingerprint density at radius 3 is 2.64 bits per heavy atom. The quantitative estimate of drug-likeness (QED) is 0.617. The molecule has 1 atom stereocenters. The number of hydrogen-bond donors (Lipinski definition) is 2. The normalized spacial score (nSPS) is 28.4. The third-order valence-electron chi connectivity index (χ3n) is 1.73. The molecule has 2 N–H and O–H groups in total. The van der Waals surface area contributed by atoms with Crippen molar-refractivity contribution in [1.82, 2.24) is 5.32 Å². The Labute approximate surface area is 62.4 Å². The number of alkyl halides is 2. The van der Waals surface area contributed by atoms with E-state index in [2.05, 4.69) is 0 Å². The highest BCUT2D eigenvalue weighted by atomic mass is 19.3. The number of halogens is 2. The first-order chi connectivity index (χ1) is 4.99. The molecule has 0 aromatic carbocycles. The fourth-order valence-electron chi connectivity index (χ4n) is 1.25. The first-order valence-corrected chi connectivity index (χ1v) is 3.37. The highest BCUT2D eigenvalue weighted by Crippen LogP contribution is 2.34. The number of carboxylic acid groups (broad SMARTS) is 1. The van der Waals surface area contributed by atoms with E-state index in [9.17, 15) is 13.6 Å². The average Bonchev–Trinajstić information content (AvgIpc) is 2.08. The third kappa shape index (κ3) is 2.32. The molecule has 0 spiro atoms. The van der Waals surface area contributed by atoms with Gasteiger partial charge < -0.3 is 10.4 Å². The van der Waals surface area contributed by atoms with Gasteiger partial charge in [0.1, 0.15) is 0 Å². The molecule has 1 aliphatic carbocycles. The van der Waals surface area contributed by atoms with Crippen molar-refractivity contribution in [1.29, 1.82) is 0 Å². The largest absolute Gasteiger partial charge is 0.465 e. The van der Waals surface area contributed by atoms with Gasteiger partial charge in [0.15, 0.2) is 0 Å². The Balaban J connectivity index is 2.36. The van der Waals surface area contributed by atoms with Gasteiger partial charge >= 0.3 is 6.09 Å². The van der Waals surface area contributed by atoms with Crippen molar-refractivity contribution in [2.24, 2.45) is 0 Å². The Morgan fingerprint density at radius 1 is 1.64 bits per heavy atom. The Kier molecular flexibility index (Phi) is 1.97. The lowest BCUT2D eigenvalue weighted by Crippen LogP contribution is -2.32. The van der Waals surface area contributed by atoms with Gasteiger partial charge in [0.25, 0.3) is 0 Å². The first-order valence-electron chi connectivity index (χ1n) is 3.37. The van der Waals surface area contributed by atoms with Crippen LogP contribution in [0, 0.1) is 0 Å². The molecule has 64 valence electrons. The molecule has 0 radical (unpaired) electrons. The molecule has 0 saturated heterocycles. The predicted octanol–water partition coefficient (Wildman–Crippen LogP) is 1.44. The fourth-order valence-corrected chi connectivity index (χ4v) is 1.25. The van der Waals surface area contributed by atoms with Crippen LogP contribution in [-0.4, -0.2) is 23.2 Å². The number of rotatable bonds is 1. The van der Waals surface area contributed by atoms with Crippen LogP contribution in [0.1, 0.15) is 19.3 Å². The van der Waals surface area contributed by atoms with E-state index in [4.69, 9.17) is 5.11 Å². The van der Waals surface area contributed by atoms with Gasteiger partial charge in [-0.05, 0) is 6.42 Å². The summed E-state index contributed by atoms with van der Waals surface area (Å²) < 4.78 is 24.8. The lowest BCUT2D eigenvalue weighted by molar-refractivity contribution is 0.00715. The molecule has 11 heavy (non-hydrogen) atoms. The fraction of sp³-hybridized carbons (Fsp3) is 0.833. The van der Waals surface area contributed by atoms with Gasteiger partial charge in [-0.25, -0.2) is 13.6 Å². The highest BCUT2D eigenvalue weighted by Gasteiger charge is 2.39. The van der Waals surface area contributed by atoms with E-state index >= 15 is 0 Å². The van der Waals surface area contributed by atoms with E-state index in [1.807, 2.05) is 5.32 Å². The minimum Gasteiger partial charge on any atom is -0.465 e. The van der Waals surface area contributed by atoms with Crippen molar-refractivity contribution in [2.45, 2.75) is 31.2 Å².